The third-order valence-electron chi connectivity index (χ3n) is 5.17. The fourth-order valence-electron chi connectivity index (χ4n) is 3.29. The number of alkyl halides is 2. The van der Waals surface area contributed by atoms with Gasteiger partial charge in [0.25, 0.3) is 5.91 Å². The first-order valence-electron chi connectivity index (χ1n) is 9.96. The molecule has 0 heterocycles. The maximum absolute atomic E-state index is 13.9. The van der Waals surface area contributed by atoms with Gasteiger partial charge in [-0.3, -0.25) is 9.59 Å². The molecule has 3 rings (SSSR count). The maximum Gasteiger partial charge on any atom is 0.257 e. The van der Waals surface area contributed by atoms with Crippen LogP contribution in [-0.2, 0) is 4.79 Å². The molecule has 4 nitrogen and oxygen atoms in total. The van der Waals surface area contributed by atoms with Crippen molar-refractivity contribution in [3.63, 3.8) is 0 Å². The number of halogens is 7. The van der Waals surface area contributed by atoms with Gasteiger partial charge in [-0.2, -0.15) is 0 Å². The van der Waals surface area contributed by atoms with Gasteiger partial charge in [0.2, 0.25) is 5.91 Å². The number of carbonyl (C=O) groups is 2. The molecule has 11 heteroatoms. The highest BCUT2D eigenvalue weighted by molar-refractivity contribution is 6.53. The first kappa shape index (κ1) is 27.5. The standard InChI is InChI=1S/C24H17Cl5F2N2O2/c1-11(3-6-16(26)12(2)25)20-21(24(20,28)29)23(35)32-14-5-7-17(27)15(10-14)22(34)33-19-8-4-13(30)9-18(19)31/h3-10,20-21H,1H2,2H3,(H,32,35)(H,33,34)/b6-3-,16-12-/t20-,21+/m1/s1. The van der Waals surface area contributed by atoms with Crippen molar-refractivity contribution < 1.29 is 18.4 Å². The molecule has 184 valence electrons. The smallest absolute Gasteiger partial charge is 0.257 e. The van der Waals surface area contributed by atoms with Crippen LogP contribution in [0.15, 0.2) is 70.8 Å². The third kappa shape index (κ3) is 6.38. The van der Waals surface area contributed by atoms with Crippen molar-refractivity contribution in [3.05, 3.63) is 93.0 Å². The predicted octanol–water partition coefficient (Wildman–Crippen LogP) is 8.05. The molecule has 1 saturated carbocycles. The Morgan fingerprint density at radius 1 is 1.03 bits per heavy atom. The van der Waals surface area contributed by atoms with Crippen LogP contribution in [0, 0.1) is 23.5 Å². The average Bonchev–Trinajstić information content (AvgIpc) is 3.37. The Labute approximate surface area is 225 Å². The highest BCUT2D eigenvalue weighted by Gasteiger charge is 2.67. The lowest BCUT2D eigenvalue weighted by Gasteiger charge is -2.11. The second-order valence-electron chi connectivity index (χ2n) is 7.68. The fraction of sp³-hybridized carbons (Fsp3) is 0.167. The molecular formula is C24H17Cl5F2N2O2. The molecule has 0 spiro atoms. The minimum Gasteiger partial charge on any atom is -0.326 e. The summed E-state index contributed by atoms with van der Waals surface area (Å²) in [7, 11) is 0. The molecular weight excluding hydrogens is 564 g/mol. The van der Waals surface area contributed by atoms with E-state index in [1.165, 1.54) is 24.3 Å². The molecule has 0 bridgehead atoms. The second-order valence-corrected chi connectivity index (χ2v) is 10.5. The number of amides is 2. The Bertz CT molecular complexity index is 1270. The van der Waals surface area contributed by atoms with E-state index in [4.69, 9.17) is 58.0 Å². The highest BCUT2D eigenvalue weighted by Crippen LogP contribution is 2.62. The quantitative estimate of drug-likeness (QED) is 0.257. The summed E-state index contributed by atoms with van der Waals surface area (Å²) < 4.78 is 25.6. The lowest BCUT2D eigenvalue weighted by atomic mass is 10.1. The molecule has 2 N–H and O–H groups in total. The lowest BCUT2D eigenvalue weighted by molar-refractivity contribution is -0.117. The summed E-state index contributed by atoms with van der Waals surface area (Å²) in [5.41, 5.74) is 0.420. The molecule has 2 aromatic carbocycles. The Hall–Kier alpha value is -2.09. The van der Waals surface area contributed by atoms with Gasteiger partial charge in [0.05, 0.1) is 27.2 Å². The van der Waals surface area contributed by atoms with Crippen LogP contribution in [0.5, 0.6) is 0 Å². The van der Waals surface area contributed by atoms with Crippen LogP contribution >= 0.6 is 58.0 Å². The number of carbonyl (C=O) groups excluding carboxylic acids is 2. The van der Waals surface area contributed by atoms with Gasteiger partial charge in [0, 0.05) is 22.7 Å². The Kier molecular flexibility index (Phi) is 8.56. The summed E-state index contributed by atoms with van der Waals surface area (Å²) in [6.07, 6.45) is 3.10. The van der Waals surface area contributed by atoms with E-state index in [1.807, 2.05) is 0 Å². The number of anilines is 2. The first-order chi connectivity index (χ1) is 16.3. The van der Waals surface area contributed by atoms with E-state index in [1.54, 1.807) is 13.0 Å². The van der Waals surface area contributed by atoms with Gasteiger partial charge >= 0.3 is 0 Å². The molecule has 0 aliphatic heterocycles. The van der Waals surface area contributed by atoms with Crippen LogP contribution in [0.4, 0.5) is 20.2 Å². The minimum absolute atomic E-state index is 0.0474. The molecule has 1 fully saturated rings. The van der Waals surface area contributed by atoms with Crippen LogP contribution in [0.3, 0.4) is 0 Å². The Morgan fingerprint density at radius 3 is 2.34 bits per heavy atom. The third-order valence-corrected chi connectivity index (χ3v) is 7.15. The van der Waals surface area contributed by atoms with Crippen molar-refractivity contribution in [1.29, 1.82) is 0 Å². The zero-order valence-electron chi connectivity index (χ0n) is 17.9. The number of rotatable bonds is 7. The monoisotopic (exact) mass is 578 g/mol. The van der Waals surface area contributed by atoms with E-state index in [2.05, 4.69) is 17.2 Å². The summed E-state index contributed by atoms with van der Waals surface area (Å²) >= 11 is 30.5. The zero-order valence-corrected chi connectivity index (χ0v) is 21.7. The molecule has 0 radical (unpaired) electrons. The first-order valence-corrected chi connectivity index (χ1v) is 11.8. The van der Waals surface area contributed by atoms with E-state index in [9.17, 15) is 18.4 Å². The van der Waals surface area contributed by atoms with Crippen molar-refractivity contribution in [2.45, 2.75) is 11.3 Å². The zero-order chi connectivity index (χ0) is 26.1. The van der Waals surface area contributed by atoms with Crippen molar-refractivity contribution >= 4 is 81.2 Å². The summed E-state index contributed by atoms with van der Waals surface area (Å²) in [6, 6.07) is 6.87. The summed E-state index contributed by atoms with van der Waals surface area (Å²) in [5, 5.41) is 5.69. The van der Waals surface area contributed by atoms with E-state index >= 15 is 0 Å². The minimum atomic E-state index is -1.40. The molecule has 35 heavy (non-hydrogen) atoms. The molecule has 2 atom stereocenters. The van der Waals surface area contributed by atoms with E-state index in [0.717, 1.165) is 12.1 Å². The molecule has 0 saturated heterocycles. The summed E-state index contributed by atoms with van der Waals surface area (Å²) in [6.45, 7) is 5.52. The SMILES string of the molecule is C=C(/C=C\C(Cl)=C(/C)Cl)[C@@H]1[C@@H](C(=O)Nc2ccc(Cl)c(C(=O)Nc3ccc(F)cc3F)c2)C1(Cl)Cl. The second kappa shape index (κ2) is 10.9. The van der Waals surface area contributed by atoms with Gasteiger partial charge in [-0.05, 0) is 48.9 Å². The number of nitrogens with one attached hydrogen (secondary N) is 2. The molecule has 1 aliphatic carbocycles. The van der Waals surface area contributed by atoms with E-state index < -0.39 is 39.6 Å². The maximum atomic E-state index is 13.9. The van der Waals surface area contributed by atoms with Gasteiger partial charge in [0.15, 0.2) is 0 Å². The lowest BCUT2D eigenvalue weighted by Crippen LogP contribution is -2.18. The molecule has 2 amide bonds. The van der Waals surface area contributed by atoms with Gasteiger partial charge < -0.3 is 10.6 Å². The number of allylic oxidation sites excluding steroid dienone is 5. The predicted molar refractivity (Wildman–Crippen MR) is 138 cm³/mol. The number of benzene rings is 2. The largest absolute Gasteiger partial charge is 0.326 e. The van der Waals surface area contributed by atoms with Crippen LogP contribution in [0.2, 0.25) is 5.02 Å². The molecule has 0 unspecified atom stereocenters. The van der Waals surface area contributed by atoms with Crippen molar-refractivity contribution in [2.24, 2.45) is 11.8 Å². The van der Waals surface area contributed by atoms with E-state index in [-0.39, 0.29) is 22.0 Å². The van der Waals surface area contributed by atoms with Crippen LogP contribution in [0.25, 0.3) is 0 Å². The normalized spacial score (nSPS) is 19.2. The number of hydrogen-bond donors (Lipinski definition) is 2. The highest BCUT2D eigenvalue weighted by atomic mass is 35.5. The van der Waals surface area contributed by atoms with Gasteiger partial charge in [-0.1, -0.05) is 47.5 Å². The van der Waals surface area contributed by atoms with Crippen LogP contribution < -0.4 is 10.6 Å². The summed E-state index contributed by atoms with van der Waals surface area (Å²) in [4.78, 5) is 25.5. The van der Waals surface area contributed by atoms with Crippen molar-refractivity contribution in [2.75, 3.05) is 10.6 Å². The van der Waals surface area contributed by atoms with Crippen LogP contribution in [-0.4, -0.2) is 16.1 Å². The van der Waals surface area contributed by atoms with Crippen LogP contribution in [0.1, 0.15) is 17.3 Å². The topological polar surface area (TPSA) is 58.2 Å². The van der Waals surface area contributed by atoms with Gasteiger partial charge in [0.1, 0.15) is 16.0 Å². The molecule has 1 aliphatic rings. The van der Waals surface area contributed by atoms with Gasteiger partial charge in [-0.15, -0.1) is 23.2 Å². The Balaban J connectivity index is 1.73. The number of hydrogen-bond acceptors (Lipinski definition) is 2. The van der Waals surface area contributed by atoms with E-state index in [0.29, 0.717) is 21.7 Å². The van der Waals surface area contributed by atoms with Crippen molar-refractivity contribution in [3.8, 4) is 0 Å². The average molecular weight is 581 g/mol. The molecule has 2 aromatic rings. The van der Waals surface area contributed by atoms with Gasteiger partial charge in [-0.25, -0.2) is 8.78 Å². The van der Waals surface area contributed by atoms with Crippen molar-refractivity contribution in [1.82, 2.24) is 0 Å². The molecule has 0 aromatic heterocycles. The Morgan fingerprint density at radius 2 is 1.71 bits per heavy atom. The summed E-state index contributed by atoms with van der Waals surface area (Å²) in [5.74, 6) is -4.43. The fourth-order valence-corrected chi connectivity index (χ4v) is 4.48.